The number of hydrogen-bond acceptors (Lipinski definition) is 8. The zero-order chi connectivity index (χ0) is 22.1. The summed E-state index contributed by atoms with van der Waals surface area (Å²) in [6, 6.07) is 13.2. The lowest BCUT2D eigenvalue weighted by Crippen LogP contribution is -2.17. The molecule has 1 aromatic heterocycles. The molecule has 2 aromatic carbocycles. The van der Waals surface area contributed by atoms with E-state index in [0.29, 0.717) is 54.5 Å². The highest BCUT2D eigenvalue weighted by Crippen LogP contribution is 2.27. The van der Waals surface area contributed by atoms with E-state index in [1.165, 1.54) is 0 Å². The molecule has 0 spiro atoms. The van der Waals surface area contributed by atoms with Gasteiger partial charge in [-0.15, -0.1) is 0 Å². The molecule has 1 N–H and O–H groups in total. The van der Waals surface area contributed by atoms with Gasteiger partial charge in [-0.3, -0.25) is 0 Å². The number of ether oxygens (including phenoxy) is 4. The SMILES string of the molecule is CCOCCOC(=O)c1nc2ccccc2nc1NCCc1ccc(OC)c(OC)c1. The van der Waals surface area contributed by atoms with Gasteiger partial charge in [0.05, 0.1) is 31.9 Å². The average Bonchev–Trinajstić information content (AvgIpc) is 2.81. The van der Waals surface area contributed by atoms with E-state index < -0.39 is 5.97 Å². The van der Waals surface area contributed by atoms with E-state index in [9.17, 15) is 4.79 Å². The van der Waals surface area contributed by atoms with Crippen LogP contribution in [0.15, 0.2) is 42.5 Å². The van der Waals surface area contributed by atoms with Gasteiger partial charge < -0.3 is 24.3 Å². The van der Waals surface area contributed by atoms with Crippen LogP contribution in [0, 0.1) is 0 Å². The summed E-state index contributed by atoms with van der Waals surface area (Å²) in [7, 11) is 3.21. The number of fused-ring (bicyclic) bond motifs is 1. The van der Waals surface area contributed by atoms with Crippen LogP contribution in [0.3, 0.4) is 0 Å². The highest BCUT2D eigenvalue weighted by Gasteiger charge is 2.18. The summed E-state index contributed by atoms with van der Waals surface area (Å²) in [5.41, 5.74) is 2.54. The maximum atomic E-state index is 12.6. The quantitative estimate of drug-likeness (QED) is 0.369. The molecule has 0 saturated heterocycles. The second-order valence-electron chi connectivity index (χ2n) is 6.61. The van der Waals surface area contributed by atoms with Crippen molar-refractivity contribution in [1.29, 1.82) is 0 Å². The van der Waals surface area contributed by atoms with Crippen molar-refractivity contribution in [1.82, 2.24) is 9.97 Å². The molecule has 0 aliphatic carbocycles. The molecule has 0 saturated carbocycles. The van der Waals surface area contributed by atoms with Crippen LogP contribution in [0.4, 0.5) is 5.82 Å². The molecule has 8 heteroatoms. The van der Waals surface area contributed by atoms with Gasteiger partial charge in [-0.1, -0.05) is 18.2 Å². The molecule has 0 aliphatic rings. The third-order valence-corrected chi connectivity index (χ3v) is 4.58. The van der Waals surface area contributed by atoms with Crippen LogP contribution in [0.5, 0.6) is 11.5 Å². The van der Waals surface area contributed by atoms with Gasteiger partial charge in [0, 0.05) is 13.2 Å². The predicted octanol–water partition coefficient (Wildman–Crippen LogP) is 3.49. The van der Waals surface area contributed by atoms with Crippen LogP contribution >= 0.6 is 0 Å². The van der Waals surface area contributed by atoms with E-state index in [1.807, 2.05) is 49.4 Å². The van der Waals surface area contributed by atoms with E-state index >= 15 is 0 Å². The molecule has 1 heterocycles. The molecule has 8 nitrogen and oxygen atoms in total. The van der Waals surface area contributed by atoms with Crippen LogP contribution in [0.1, 0.15) is 23.0 Å². The van der Waals surface area contributed by atoms with Gasteiger partial charge in [0.2, 0.25) is 0 Å². The molecule has 0 atom stereocenters. The number of methoxy groups -OCH3 is 2. The molecule has 0 aliphatic heterocycles. The minimum Gasteiger partial charge on any atom is -0.493 e. The summed E-state index contributed by atoms with van der Waals surface area (Å²) in [5, 5.41) is 3.22. The van der Waals surface area contributed by atoms with Crippen molar-refractivity contribution < 1.29 is 23.7 Å². The van der Waals surface area contributed by atoms with Gasteiger partial charge in [-0.05, 0) is 43.2 Å². The predicted molar refractivity (Wildman–Crippen MR) is 118 cm³/mol. The maximum Gasteiger partial charge on any atom is 0.360 e. The fourth-order valence-electron chi connectivity index (χ4n) is 3.03. The first-order valence-corrected chi connectivity index (χ1v) is 10.1. The topological polar surface area (TPSA) is 91.8 Å². The van der Waals surface area contributed by atoms with Crippen molar-refractivity contribution in [3.8, 4) is 11.5 Å². The van der Waals surface area contributed by atoms with Gasteiger partial charge in [-0.2, -0.15) is 0 Å². The van der Waals surface area contributed by atoms with Crippen LogP contribution in [0.2, 0.25) is 0 Å². The summed E-state index contributed by atoms with van der Waals surface area (Å²) in [5.74, 6) is 1.20. The molecular formula is C23H27N3O5. The Bertz CT molecular complexity index is 1030. The minimum atomic E-state index is -0.536. The van der Waals surface area contributed by atoms with Crippen LogP contribution in [0.25, 0.3) is 11.0 Å². The number of carbonyl (C=O) groups is 1. The number of hydrogen-bond donors (Lipinski definition) is 1. The van der Waals surface area contributed by atoms with Crippen molar-refractivity contribution in [3.63, 3.8) is 0 Å². The van der Waals surface area contributed by atoms with Gasteiger partial charge in [0.25, 0.3) is 0 Å². The number of esters is 1. The summed E-state index contributed by atoms with van der Waals surface area (Å²) in [6.45, 7) is 3.49. The number of rotatable bonds is 11. The Labute approximate surface area is 181 Å². The normalized spacial score (nSPS) is 10.7. The van der Waals surface area contributed by atoms with Gasteiger partial charge in [-0.25, -0.2) is 14.8 Å². The lowest BCUT2D eigenvalue weighted by atomic mass is 10.1. The van der Waals surface area contributed by atoms with Crippen molar-refractivity contribution in [3.05, 3.63) is 53.7 Å². The fraction of sp³-hybridized carbons (Fsp3) is 0.348. The molecule has 31 heavy (non-hydrogen) atoms. The molecule has 0 amide bonds. The van der Waals surface area contributed by atoms with Crippen LogP contribution in [-0.4, -0.2) is 56.5 Å². The molecule has 0 bridgehead atoms. The monoisotopic (exact) mass is 425 g/mol. The van der Waals surface area contributed by atoms with Crippen molar-refractivity contribution >= 4 is 22.8 Å². The number of benzene rings is 2. The summed E-state index contributed by atoms with van der Waals surface area (Å²) >= 11 is 0. The number of carbonyl (C=O) groups excluding carboxylic acids is 1. The minimum absolute atomic E-state index is 0.155. The van der Waals surface area contributed by atoms with E-state index in [1.54, 1.807) is 14.2 Å². The first-order valence-electron chi connectivity index (χ1n) is 10.1. The molecule has 3 aromatic rings. The first kappa shape index (κ1) is 22.3. The third-order valence-electron chi connectivity index (χ3n) is 4.58. The standard InChI is InChI=1S/C23H27N3O5/c1-4-30-13-14-31-23(27)21-22(26-18-8-6-5-7-17(18)25-21)24-12-11-16-9-10-19(28-2)20(15-16)29-3/h5-10,15H,4,11-14H2,1-3H3,(H,24,26). The summed E-state index contributed by atoms with van der Waals surface area (Å²) in [6.07, 6.45) is 0.688. The van der Waals surface area contributed by atoms with Gasteiger partial charge >= 0.3 is 5.97 Å². The van der Waals surface area contributed by atoms with Gasteiger partial charge in [0.1, 0.15) is 6.61 Å². The average molecular weight is 425 g/mol. The molecule has 164 valence electrons. The zero-order valence-corrected chi connectivity index (χ0v) is 18.0. The van der Waals surface area contributed by atoms with E-state index in [2.05, 4.69) is 15.3 Å². The third kappa shape index (κ3) is 5.82. The van der Waals surface area contributed by atoms with E-state index in [0.717, 1.165) is 5.56 Å². The molecule has 3 rings (SSSR count). The molecule has 0 unspecified atom stereocenters. The fourth-order valence-corrected chi connectivity index (χ4v) is 3.03. The number of para-hydroxylation sites is 2. The Morgan fingerprint density at radius 3 is 2.42 bits per heavy atom. The van der Waals surface area contributed by atoms with E-state index in [-0.39, 0.29) is 12.3 Å². The number of nitrogens with one attached hydrogen (secondary N) is 1. The van der Waals surface area contributed by atoms with Crippen molar-refractivity contribution in [2.75, 3.05) is 45.9 Å². The lowest BCUT2D eigenvalue weighted by molar-refractivity contribution is 0.0330. The second kappa shape index (κ2) is 11.1. The summed E-state index contributed by atoms with van der Waals surface area (Å²) in [4.78, 5) is 21.7. The highest BCUT2D eigenvalue weighted by molar-refractivity contribution is 5.95. The Kier molecular flexibility index (Phi) is 8.00. The number of aromatic nitrogens is 2. The zero-order valence-electron chi connectivity index (χ0n) is 18.0. The van der Waals surface area contributed by atoms with E-state index in [4.69, 9.17) is 18.9 Å². The Hall–Kier alpha value is -3.39. The van der Waals surface area contributed by atoms with Crippen LogP contribution in [-0.2, 0) is 15.9 Å². The molecule has 0 fully saturated rings. The second-order valence-corrected chi connectivity index (χ2v) is 6.61. The molecule has 0 radical (unpaired) electrons. The Morgan fingerprint density at radius 1 is 0.968 bits per heavy atom. The Morgan fingerprint density at radius 2 is 1.71 bits per heavy atom. The Balaban J connectivity index is 1.74. The highest BCUT2D eigenvalue weighted by atomic mass is 16.6. The van der Waals surface area contributed by atoms with Crippen molar-refractivity contribution in [2.45, 2.75) is 13.3 Å². The van der Waals surface area contributed by atoms with Gasteiger partial charge in [0.15, 0.2) is 23.0 Å². The smallest absolute Gasteiger partial charge is 0.360 e. The number of anilines is 1. The largest absolute Gasteiger partial charge is 0.493 e. The maximum absolute atomic E-state index is 12.6. The first-order chi connectivity index (χ1) is 15.2. The van der Waals surface area contributed by atoms with Crippen LogP contribution < -0.4 is 14.8 Å². The molecular weight excluding hydrogens is 398 g/mol. The summed E-state index contributed by atoms with van der Waals surface area (Å²) < 4.78 is 21.2. The van der Waals surface area contributed by atoms with Crippen molar-refractivity contribution in [2.24, 2.45) is 0 Å². The lowest BCUT2D eigenvalue weighted by Gasteiger charge is -2.13. The number of nitrogens with zero attached hydrogens (tertiary/aromatic N) is 2.